The van der Waals surface area contributed by atoms with Gasteiger partial charge < -0.3 is 24.7 Å². The first-order valence-corrected chi connectivity index (χ1v) is 14.4. The third-order valence-corrected chi connectivity index (χ3v) is 8.60. The van der Waals surface area contributed by atoms with Crippen molar-refractivity contribution in [2.75, 3.05) is 32.8 Å². The average molecular weight is 577 g/mol. The zero-order valence-electron chi connectivity index (χ0n) is 21.5. The number of halogens is 1. The number of morpholine rings is 1. The van der Waals surface area contributed by atoms with Crippen LogP contribution in [0.5, 0.6) is 0 Å². The Kier molecular flexibility index (Phi) is 8.57. The fourth-order valence-corrected chi connectivity index (χ4v) is 5.95. The van der Waals surface area contributed by atoms with Crippen LogP contribution in [0.3, 0.4) is 0 Å². The summed E-state index contributed by atoms with van der Waals surface area (Å²) in [6.07, 6.45) is 0. The quantitative estimate of drug-likeness (QED) is 0.369. The summed E-state index contributed by atoms with van der Waals surface area (Å²) in [5, 5.41) is 3.58. The first-order valence-electron chi connectivity index (χ1n) is 12.3. The summed E-state index contributed by atoms with van der Waals surface area (Å²) >= 11 is 6.18. The van der Waals surface area contributed by atoms with Gasteiger partial charge in [-0.3, -0.25) is 9.59 Å². The molecule has 0 saturated carbocycles. The van der Waals surface area contributed by atoms with E-state index in [9.17, 15) is 22.8 Å². The molecule has 2 aromatic carbocycles. The Hall–Kier alpha value is -3.48. The first-order chi connectivity index (χ1) is 18.5. The lowest BCUT2D eigenvalue weighted by atomic mass is 9.98. The number of ketones is 1. The van der Waals surface area contributed by atoms with Gasteiger partial charge in [0.1, 0.15) is 11.1 Å². The van der Waals surface area contributed by atoms with Crippen molar-refractivity contribution >= 4 is 50.3 Å². The zero-order valence-corrected chi connectivity index (χ0v) is 23.0. The molecule has 13 heteroatoms. The van der Waals surface area contributed by atoms with E-state index in [0.717, 1.165) is 0 Å². The van der Waals surface area contributed by atoms with Gasteiger partial charge in [-0.15, -0.1) is 0 Å². The van der Waals surface area contributed by atoms with Crippen LogP contribution in [-0.4, -0.2) is 79.7 Å². The fourth-order valence-electron chi connectivity index (χ4n) is 4.06. The van der Waals surface area contributed by atoms with Crippen molar-refractivity contribution in [3.8, 4) is 0 Å². The second kappa shape index (κ2) is 11.7. The molecule has 208 valence electrons. The van der Waals surface area contributed by atoms with Crippen LogP contribution in [0, 0.1) is 0 Å². The number of Topliss-reactive ketones (excluding diaryl/α,β-unsaturated/α-hetero) is 1. The van der Waals surface area contributed by atoms with Gasteiger partial charge in [0.25, 0.3) is 5.89 Å². The molecule has 39 heavy (non-hydrogen) atoms. The molecule has 1 unspecified atom stereocenters. The second-order valence-corrected chi connectivity index (χ2v) is 12.2. The molecule has 3 amide bonds. The van der Waals surface area contributed by atoms with Gasteiger partial charge in [-0.05, 0) is 37.6 Å². The number of amides is 3. The Morgan fingerprint density at radius 3 is 2.44 bits per heavy atom. The third-order valence-electron chi connectivity index (χ3n) is 6.27. The molecule has 11 nitrogen and oxygen atoms in total. The molecule has 0 bridgehead atoms. The van der Waals surface area contributed by atoms with Gasteiger partial charge in [0, 0.05) is 24.7 Å². The molecule has 3 aromatic rings. The number of carbonyl (C=O) groups excluding carboxylic acids is 3. The van der Waals surface area contributed by atoms with Crippen LogP contribution in [0.1, 0.15) is 30.1 Å². The molecule has 2 heterocycles. The Labute approximate surface area is 230 Å². The number of oxazole rings is 1. The topological polar surface area (TPSA) is 148 Å². The number of hydrogen-bond donors (Lipinski definition) is 2. The van der Waals surface area contributed by atoms with Crippen LogP contribution < -0.4 is 10.6 Å². The van der Waals surface area contributed by atoms with Gasteiger partial charge in [-0.1, -0.05) is 41.9 Å². The van der Waals surface area contributed by atoms with Crippen LogP contribution >= 0.6 is 11.6 Å². The van der Waals surface area contributed by atoms with Gasteiger partial charge in [-0.25, -0.2) is 18.2 Å². The minimum absolute atomic E-state index is 0.224. The van der Waals surface area contributed by atoms with Crippen molar-refractivity contribution in [3.63, 3.8) is 0 Å². The lowest BCUT2D eigenvalue weighted by Crippen LogP contribution is -2.57. The summed E-state index contributed by atoms with van der Waals surface area (Å²) in [7, 11) is -4.21. The molecule has 0 aliphatic carbocycles. The molecule has 1 fully saturated rings. The van der Waals surface area contributed by atoms with Crippen LogP contribution in [0.15, 0.2) is 52.9 Å². The highest BCUT2D eigenvalue weighted by molar-refractivity contribution is 7.92. The van der Waals surface area contributed by atoms with Crippen molar-refractivity contribution in [2.45, 2.75) is 30.4 Å². The molecule has 1 saturated heterocycles. The van der Waals surface area contributed by atoms with E-state index in [0.29, 0.717) is 43.0 Å². The maximum Gasteiger partial charge on any atom is 0.317 e. The van der Waals surface area contributed by atoms with E-state index in [1.165, 1.54) is 18.7 Å². The molecule has 0 spiro atoms. The summed E-state index contributed by atoms with van der Waals surface area (Å²) in [4.78, 5) is 45.0. The molecular weight excluding hydrogens is 548 g/mol. The van der Waals surface area contributed by atoms with Crippen LogP contribution in [0.25, 0.3) is 11.1 Å². The van der Waals surface area contributed by atoms with E-state index in [-0.39, 0.29) is 10.9 Å². The number of ether oxygens (including phenoxy) is 1. The van der Waals surface area contributed by atoms with Crippen molar-refractivity contribution in [2.24, 2.45) is 0 Å². The van der Waals surface area contributed by atoms with E-state index < -0.39 is 50.6 Å². The van der Waals surface area contributed by atoms with Crippen molar-refractivity contribution in [1.29, 1.82) is 0 Å². The van der Waals surface area contributed by atoms with Crippen LogP contribution in [0.4, 0.5) is 4.79 Å². The highest BCUT2D eigenvalue weighted by atomic mass is 35.5. The lowest BCUT2D eigenvalue weighted by Gasteiger charge is -2.29. The minimum Gasteiger partial charge on any atom is -0.434 e. The number of hydrogen-bond acceptors (Lipinski definition) is 8. The number of aromatic nitrogens is 1. The number of sulfone groups is 1. The van der Waals surface area contributed by atoms with Gasteiger partial charge in [-0.2, -0.15) is 0 Å². The van der Waals surface area contributed by atoms with Crippen LogP contribution in [-0.2, 0) is 25.1 Å². The normalized spacial score (nSPS) is 15.1. The predicted octanol–water partition coefficient (Wildman–Crippen LogP) is 2.58. The number of nitrogens with one attached hydrogen (secondary N) is 2. The lowest BCUT2D eigenvalue weighted by molar-refractivity contribution is -0.121. The Balaban J connectivity index is 1.55. The molecule has 0 radical (unpaired) electrons. The maximum atomic E-state index is 13.5. The minimum atomic E-state index is -4.21. The summed E-state index contributed by atoms with van der Waals surface area (Å²) in [6.45, 7) is 3.71. The number of rotatable bonds is 9. The van der Waals surface area contributed by atoms with Gasteiger partial charge in [0.05, 0.1) is 19.0 Å². The van der Waals surface area contributed by atoms with Gasteiger partial charge >= 0.3 is 6.03 Å². The molecule has 2 N–H and O–H groups in total. The van der Waals surface area contributed by atoms with E-state index in [2.05, 4.69) is 15.6 Å². The van der Waals surface area contributed by atoms with Crippen molar-refractivity contribution in [3.05, 3.63) is 65.0 Å². The monoisotopic (exact) mass is 576 g/mol. The molecular formula is C26H29ClN4O7S. The van der Waals surface area contributed by atoms with Crippen molar-refractivity contribution < 1.29 is 32.0 Å². The predicted molar refractivity (Wildman–Crippen MR) is 144 cm³/mol. The van der Waals surface area contributed by atoms with Gasteiger partial charge in [0.2, 0.25) is 11.7 Å². The summed E-state index contributed by atoms with van der Waals surface area (Å²) in [6, 6.07) is 12.7. The molecule has 4 rings (SSSR count). The molecule has 1 atom stereocenters. The first kappa shape index (κ1) is 28.5. The number of nitrogens with zero attached hydrogens (tertiary/aromatic N) is 2. The largest absolute Gasteiger partial charge is 0.434 e. The standard InChI is InChI=1S/C26H29ClN4O7S/c1-26(2,22(32)24-29-19-9-5-6-10-20(19)38-24)30-23(33)21(15-28-25(34)31-11-13-37-14-12-31)39(35,36)16-17-7-3-4-8-18(17)27/h3-10,21H,11-16H2,1-2H3,(H,28,34)(H,30,33). The Bertz CT molecular complexity index is 1450. The zero-order chi connectivity index (χ0) is 28.2. The smallest absolute Gasteiger partial charge is 0.317 e. The Morgan fingerprint density at radius 1 is 1.08 bits per heavy atom. The summed E-state index contributed by atoms with van der Waals surface area (Å²) in [5.41, 5.74) is -0.411. The van der Waals surface area contributed by atoms with Crippen molar-refractivity contribution in [1.82, 2.24) is 20.5 Å². The Morgan fingerprint density at radius 2 is 1.74 bits per heavy atom. The third kappa shape index (κ3) is 6.75. The molecule has 1 aromatic heterocycles. The highest BCUT2D eigenvalue weighted by Crippen LogP contribution is 2.22. The van der Waals surface area contributed by atoms with E-state index in [1.807, 2.05) is 0 Å². The molecule has 1 aliphatic heterocycles. The second-order valence-electron chi connectivity index (χ2n) is 9.60. The maximum absolute atomic E-state index is 13.5. The number of para-hydroxylation sites is 2. The summed E-state index contributed by atoms with van der Waals surface area (Å²) in [5.74, 6) is -2.37. The SMILES string of the molecule is CC(C)(NC(=O)C(CNC(=O)N1CCOCC1)S(=O)(=O)Cc1ccccc1Cl)C(=O)c1nc2ccccc2o1. The van der Waals surface area contributed by atoms with E-state index in [4.69, 9.17) is 20.8 Å². The number of carbonyl (C=O) groups is 3. The fraction of sp³-hybridized carbons (Fsp3) is 0.385. The molecule has 1 aliphatic rings. The average Bonchev–Trinajstić information content (AvgIpc) is 3.33. The number of urea groups is 1. The summed E-state index contributed by atoms with van der Waals surface area (Å²) < 4.78 is 37.8. The highest BCUT2D eigenvalue weighted by Gasteiger charge is 2.40. The van der Waals surface area contributed by atoms with E-state index in [1.54, 1.807) is 48.5 Å². The van der Waals surface area contributed by atoms with Crippen LogP contribution in [0.2, 0.25) is 5.02 Å². The number of fused-ring (bicyclic) bond motifs is 1. The number of benzene rings is 2. The van der Waals surface area contributed by atoms with E-state index >= 15 is 0 Å². The van der Waals surface area contributed by atoms with Gasteiger partial charge in [0.15, 0.2) is 20.7 Å².